The predicted molar refractivity (Wildman–Crippen MR) is 74.5 cm³/mol. The number of carbonyl (C=O) groups is 1. The number of halogens is 1. The lowest BCUT2D eigenvalue weighted by molar-refractivity contribution is -0.135. The van der Waals surface area contributed by atoms with Crippen molar-refractivity contribution >= 4 is 28.2 Å². The van der Waals surface area contributed by atoms with Crippen LogP contribution in [0.5, 0.6) is 0 Å². The Balaban J connectivity index is 0.00000289. The first-order valence-corrected chi connectivity index (χ1v) is 8.04. The van der Waals surface area contributed by atoms with Crippen molar-refractivity contribution in [2.24, 2.45) is 11.7 Å². The molecule has 2 atom stereocenters. The number of hydrogen-bond donors (Lipinski definition) is 1. The summed E-state index contributed by atoms with van der Waals surface area (Å²) in [4.78, 5) is 13.6. The quantitative estimate of drug-likeness (QED) is 0.816. The molecule has 108 valence electrons. The maximum atomic E-state index is 12.0. The van der Waals surface area contributed by atoms with Crippen LogP contribution in [0.1, 0.15) is 25.7 Å². The first kappa shape index (κ1) is 17.7. The second-order valence-corrected chi connectivity index (χ2v) is 7.27. The molecule has 7 heteroatoms. The molecule has 2 N–H and O–H groups in total. The molecule has 0 radical (unpaired) electrons. The largest absolute Gasteiger partial charge is 0.345 e. The summed E-state index contributed by atoms with van der Waals surface area (Å²) in [5, 5.41) is 0. The van der Waals surface area contributed by atoms with Crippen LogP contribution in [-0.4, -0.2) is 50.9 Å². The van der Waals surface area contributed by atoms with E-state index >= 15 is 0 Å². The molecule has 1 saturated carbocycles. The van der Waals surface area contributed by atoms with Crippen LogP contribution in [0.15, 0.2) is 0 Å². The van der Waals surface area contributed by atoms with E-state index in [1.54, 1.807) is 7.05 Å². The Hall–Kier alpha value is -0.330. The molecule has 18 heavy (non-hydrogen) atoms. The van der Waals surface area contributed by atoms with Crippen LogP contribution < -0.4 is 5.73 Å². The van der Waals surface area contributed by atoms with E-state index in [1.165, 1.54) is 11.2 Å². The van der Waals surface area contributed by atoms with Crippen molar-refractivity contribution in [3.05, 3.63) is 0 Å². The van der Waals surface area contributed by atoms with E-state index in [0.29, 0.717) is 0 Å². The van der Waals surface area contributed by atoms with Gasteiger partial charge in [0.25, 0.3) is 0 Å². The van der Waals surface area contributed by atoms with Gasteiger partial charge in [-0.2, -0.15) is 0 Å². The van der Waals surface area contributed by atoms with Crippen molar-refractivity contribution in [3.63, 3.8) is 0 Å². The first-order chi connectivity index (χ1) is 7.79. The van der Waals surface area contributed by atoms with Gasteiger partial charge < -0.3 is 10.6 Å². The SMILES string of the molecule is CN(CCS(C)(=O)=O)C(=O)C1CCCC(N)C1.Cl. The highest BCUT2D eigenvalue weighted by atomic mass is 35.5. The summed E-state index contributed by atoms with van der Waals surface area (Å²) in [7, 11) is -1.35. The lowest BCUT2D eigenvalue weighted by atomic mass is 9.85. The Labute approximate surface area is 115 Å². The molecule has 1 rings (SSSR count). The van der Waals surface area contributed by atoms with Gasteiger partial charge in [-0.05, 0) is 19.3 Å². The lowest BCUT2D eigenvalue weighted by Gasteiger charge is -2.29. The maximum absolute atomic E-state index is 12.0. The number of nitrogens with zero attached hydrogens (tertiary/aromatic N) is 1. The van der Waals surface area contributed by atoms with Gasteiger partial charge in [-0.15, -0.1) is 12.4 Å². The minimum absolute atomic E-state index is 0. The van der Waals surface area contributed by atoms with E-state index in [9.17, 15) is 13.2 Å². The van der Waals surface area contributed by atoms with Crippen molar-refractivity contribution < 1.29 is 13.2 Å². The van der Waals surface area contributed by atoms with Gasteiger partial charge in [0, 0.05) is 31.8 Å². The van der Waals surface area contributed by atoms with Crippen LogP contribution in [0, 0.1) is 5.92 Å². The summed E-state index contributed by atoms with van der Waals surface area (Å²) in [6.07, 6.45) is 4.74. The second kappa shape index (κ2) is 7.31. The van der Waals surface area contributed by atoms with E-state index in [2.05, 4.69) is 0 Å². The fourth-order valence-electron chi connectivity index (χ4n) is 2.18. The fraction of sp³-hybridized carbons (Fsp3) is 0.909. The Morgan fingerprint density at radius 2 is 2.00 bits per heavy atom. The normalized spacial score (nSPS) is 24.2. The summed E-state index contributed by atoms with van der Waals surface area (Å²) in [6, 6.07) is 0.112. The molecule has 1 amide bonds. The average molecular weight is 299 g/mol. The Kier molecular flexibility index (Phi) is 7.17. The van der Waals surface area contributed by atoms with E-state index in [1.807, 2.05) is 0 Å². The summed E-state index contributed by atoms with van der Waals surface area (Å²) >= 11 is 0. The van der Waals surface area contributed by atoms with E-state index in [-0.39, 0.29) is 42.6 Å². The van der Waals surface area contributed by atoms with Gasteiger partial charge in [0.15, 0.2) is 0 Å². The molecular formula is C11H23ClN2O3S. The summed E-state index contributed by atoms with van der Waals surface area (Å²) in [5.74, 6) is 0.0284. The number of rotatable bonds is 4. The van der Waals surface area contributed by atoms with Crippen LogP contribution >= 0.6 is 12.4 Å². The zero-order valence-corrected chi connectivity index (χ0v) is 12.6. The van der Waals surface area contributed by atoms with Crippen molar-refractivity contribution in [1.29, 1.82) is 0 Å². The van der Waals surface area contributed by atoms with E-state index in [4.69, 9.17) is 5.73 Å². The van der Waals surface area contributed by atoms with Gasteiger partial charge in [0.2, 0.25) is 5.91 Å². The molecule has 0 aromatic heterocycles. The standard InChI is InChI=1S/C11H22N2O3S.ClH/c1-13(6-7-17(2,15)16)11(14)9-4-3-5-10(12)8-9;/h9-10H,3-8,12H2,1-2H3;1H. The lowest BCUT2D eigenvalue weighted by Crippen LogP contribution is -2.40. The molecule has 0 aromatic rings. The zero-order chi connectivity index (χ0) is 13.1. The third-order valence-corrected chi connectivity index (χ3v) is 4.16. The molecule has 1 aliphatic carbocycles. The zero-order valence-electron chi connectivity index (χ0n) is 11.0. The highest BCUT2D eigenvalue weighted by Gasteiger charge is 2.27. The fourth-order valence-corrected chi connectivity index (χ4v) is 2.78. The van der Waals surface area contributed by atoms with Crippen molar-refractivity contribution in [3.8, 4) is 0 Å². The number of hydrogen-bond acceptors (Lipinski definition) is 4. The molecule has 1 aliphatic rings. The van der Waals surface area contributed by atoms with Gasteiger partial charge in [-0.1, -0.05) is 6.42 Å². The third kappa shape index (κ3) is 6.02. The molecular weight excluding hydrogens is 276 g/mol. The minimum atomic E-state index is -3.01. The molecule has 1 fully saturated rings. The molecule has 0 spiro atoms. The smallest absolute Gasteiger partial charge is 0.225 e. The average Bonchev–Trinajstić information content (AvgIpc) is 2.24. The molecule has 5 nitrogen and oxygen atoms in total. The molecule has 0 aromatic carbocycles. The van der Waals surface area contributed by atoms with E-state index < -0.39 is 9.84 Å². The molecule has 0 bridgehead atoms. The van der Waals surface area contributed by atoms with Gasteiger partial charge in [0.05, 0.1) is 5.75 Å². The Bertz CT molecular complexity index is 372. The van der Waals surface area contributed by atoms with Gasteiger partial charge in [-0.25, -0.2) is 8.42 Å². The van der Waals surface area contributed by atoms with Crippen LogP contribution in [0.4, 0.5) is 0 Å². The Morgan fingerprint density at radius 3 is 2.50 bits per heavy atom. The molecule has 0 saturated heterocycles. The number of sulfone groups is 1. The van der Waals surface area contributed by atoms with Crippen LogP contribution in [0.2, 0.25) is 0 Å². The highest BCUT2D eigenvalue weighted by Crippen LogP contribution is 2.24. The topological polar surface area (TPSA) is 80.5 Å². The predicted octanol–water partition coefficient (Wildman–Crippen LogP) is 0.429. The van der Waals surface area contributed by atoms with Gasteiger partial charge >= 0.3 is 0 Å². The van der Waals surface area contributed by atoms with Crippen LogP contribution in [0.25, 0.3) is 0 Å². The molecule has 0 heterocycles. The molecule has 2 unspecified atom stereocenters. The van der Waals surface area contributed by atoms with Crippen molar-refractivity contribution in [2.75, 3.05) is 25.6 Å². The maximum Gasteiger partial charge on any atom is 0.225 e. The van der Waals surface area contributed by atoms with Crippen molar-refractivity contribution in [1.82, 2.24) is 4.90 Å². The second-order valence-electron chi connectivity index (χ2n) is 5.01. The number of nitrogens with two attached hydrogens (primary N) is 1. The Morgan fingerprint density at radius 1 is 1.39 bits per heavy atom. The monoisotopic (exact) mass is 298 g/mol. The first-order valence-electron chi connectivity index (χ1n) is 5.98. The number of carbonyl (C=O) groups excluding carboxylic acids is 1. The van der Waals surface area contributed by atoms with Crippen molar-refractivity contribution in [2.45, 2.75) is 31.7 Å². The van der Waals surface area contributed by atoms with Crippen LogP contribution in [0.3, 0.4) is 0 Å². The van der Waals surface area contributed by atoms with Gasteiger partial charge in [0.1, 0.15) is 9.84 Å². The third-order valence-electron chi connectivity index (χ3n) is 3.24. The summed E-state index contributed by atoms with van der Waals surface area (Å²) < 4.78 is 22.1. The summed E-state index contributed by atoms with van der Waals surface area (Å²) in [6.45, 7) is 0.267. The molecule has 0 aliphatic heterocycles. The number of amides is 1. The summed E-state index contributed by atoms with van der Waals surface area (Å²) in [5.41, 5.74) is 5.84. The minimum Gasteiger partial charge on any atom is -0.345 e. The van der Waals surface area contributed by atoms with Gasteiger partial charge in [-0.3, -0.25) is 4.79 Å². The highest BCUT2D eigenvalue weighted by molar-refractivity contribution is 7.90. The van der Waals surface area contributed by atoms with E-state index in [0.717, 1.165) is 25.7 Å². The van der Waals surface area contributed by atoms with Crippen LogP contribution in [-0.2, 0) is 14.6 Å².